The molecule has 0 aliphatic rings. The number of aliphatic carboxylic acids is 1. The molecule has 0 radical (unpaired) electrons. The molecule has 2 N–H and O–H groups in total. The largest absolute Gasteiger partial charge is 0.481 e. The van der Waals surface area contributed by atoms with Gasteiger partial charge in [-0.2, -0.15) is 11.8 Å². The van der Waals surface area contributed by atoms with Crippen LogP contribution in [0.1, 0.15) is 25.0 Å². The normalized spacial score (nSPS) is 12.3. The third-order valence-corrected chi connectivity index (χ3v) is 3.75. The fraction of sp³-hybridized carbons (Fsp3) is 0.500. The Kier molecular flexibility index (Phi) is 6.83. The Morgan fingerprint density at radius 3 is 2.50 bits per heavy atom. The molecule has 1 atom stereocenters. The van der Waals surface area contributed by atoms with Crippen molar-refractivity contribution >= 4 is 17.7 Å². The molecule has 0 fully saturated rings. The first kappa shape index (κ1) is 15.1. The van der Waals surface area contributed by atoms with Gasteiger partial charge in [0.15, 0.2) is 0 Å². The minimum atomic E-state index is -0.786. The second-order valence-electron chi connectivity index (χ2n) is 4.33. The van der Waals surface area contributed by atoms with Crippen LogP contribution in [0.5, 0.6) is 0 Å². The monoisotopic (exact) mass is 267 g/mol. The molecule has 0 saturated carbocycles. The van der Waals surface area contributed by atoms with Gasteiger partial charge in [0, 0.05) is 18.3 Å². The highest BCUT2D eigenvalue weighted by Gasteiger charge is 2.02. The number of benzene rings is 1. The molecule has 0 bridgehead atoms. The van der Waals surface area contributed by atoms with E-state index >= 15 is 0 Å². The van der Waals surface area contributed by atoms with Crippen LogP contribution in [0.2, 0.25) is 0 Å². The number of thioether (sulfide) groups is 1. The summed E-state index contributed by atoms with van der Waals surface area (Å²) < 4.78 is 0. The lowest BCUT2D eigenvalue weighted by Crippen LogP contribution is -2.27. The molecule has 0 heterocycles. The minimum absolute atomic E-state index is 0.0945. The summed E-state index contributed by atoms with van der Waals surface area (Å²) in [7, 11) is 0. The first-order chi connectivity index (χ1) is 8.61. The van der Waals surface area contributed by atoms with Crippen molar-refractivity contribution in [3.05, 3.63) is 35.4 Å². The Morgan fingerprint density at radius 1 is 1.33 bits per heavy atom. The molecular weight excluding hydrogens is 246 g/mol. The maximum Gasteiger partial charge on any atom is 0.307 e. The van der Waals surface area contributed by atoms with E-state index in [1.165, 1.54) is 5.56 Å². The molecule has 1 unspecified atom stereocenters. The molecule has 0 aliphatic carbocycles. The van der Waals surface area contributed by atoms with Crippen LogP contribution in [0.25, 0.3) is 0 Å². The molecule has 1 aromatic rings. The zero-order chi connectivity index (χ0) is 13.4. The summed E-state index contributed by atoms with van der Waals surface area (Å²) in [5.74, 6) is 1.48. The fourth-order valence-electron chi connectivity index (χ4n) is 1.60. The molecule has 100 valence electrons. The average Bonchev–Trinajstić information content (AvgIpc) is 2.35. The summed E-state index contributed by atoms with van der Waals surface area (Å²) in [5.41, 5.74) is 2.04. The van der Waals surface area contributed by atoms with Crippen molar-refractivity contribution in [1.82, 2.24) is 5.32 Å². The summed E-state index contributed by atoms with van der Waals surface area (Å²) in [4.78, 5) is 10.6. The van der Waals surface area contributed by atoms with Crippen LogP contribution in [0.15, 0.2) is 24.3 Å². The van der Waals surface area contributed by atoms with Gasteiger partial charge in [0.2, 0.25) is 0 Å². The van der Waals surface area contributed by atoms with Crippen LogP contribution in [-0.2, 0) is 17.8 Å². The number of carboxylic acids is 1. The second-order valence-corrected chi connectivity index (χ2v) is 5.65. The first-order valence-corrected chi connectivity index (χ1v) is 7.38. The minimum Gasteiger partial charge on any atom is -0.481 e. The lowest BCUT2D eigenvalue weighted by atomic mass is 10.1. The lowest BCUT2D eigenvalue weighted by molar-refractivity contribution is -0.136. The van der Waals surface area contributed by atoms with Gasteiger partial charge in [0.25, 0.3) is 0 Å². The third-order valence-electron chi connectivity index (χ3n) is 2.60. The zero-order valence-corrected chi connectivity index (χ0v) is 11.8. The molecule has 4 heteroatoms. The SMILES string of the molecule is CCSCC(C)NCc1ccc(CC(=O)O)cc1. The van der Waals surface area contributed by atoms with Gasteiger partial charge in [0.05, 0.1) is 6.42 Å². The fourth-order valence-corrected chi connectivity index (χ4v) is 2.30. The quantitative estimate of drug-likeness (QED) is 0.760. The van der Waals surface area contributed by atoms with Crippen LogP contribution < -0.4 is 5.32 Å². The van der Waals surface area contributed by atoms with E-state index in [-0.39, 0.29) is 6.42 Å². The predicted octanol–water partition coefficient (Wildman–Crippen LogP) is 2.54. The van der Waals surface area contributed by atoms with Crippen molar-refractivity contribution in [2.75, 3.05) is 11.5 Å². The Balaban J connectivity index is 2.36. The van der Waals surface area contributed by atoms with E-state index in [0.29, 0.717) is 6.04 Å². The Morgan fingerprint density at radius 2 is 1.94 bits per heavy atom. The van der Waals surface area contributed by atoms with E-state index < -0.39 is 5.97 Å². The van der Waals surface area contributed by atoms with Gasteiger partial charge in [-0.25, -0.2) is 0 Å². The van der Waals surface area contributed by atoms with Crippen LogP contribution in [0.4, 0.5) is 0 Å². The van der Waals surface area contributed by atoms with Crippen molar-refractivity contribution in [3.8, 4) is 0 Å². The molecule has 0 aliphatic heterocycles. The highest BCUT2D eigenvalue weighted by Crippen LogP contribution is 2.07. The number of rotatable bonds is 8. The van der Waals surface area contributed by atoms with E-state index in [4.69, 9.17) is 5.11 Å². The van der Waals surface area contributed by atoms with Gasteiger partial charge in [-0.1, -0.05) is 31.2 Å². The third kappa shape index (κ3) is 6.07. The van der Waals surface area contributed by atoms with E-state index in [1.54, 1.807) is 0 Å². The molecule has 3 nitrogen and oxygen atoms in total. The van der Waals surface area contributed by atoms with E-state index in [2.05, 4.69) is 19.2 Å². The number of hydrogen-bond acceptors (Lipinski definition) is 3. The highest BCUT2D eigenvalue weighted by atomic mass is 32.2. The predicted molar refractivity (Wildman–Crippen MR) is 77.1 cm³/mol. The molecule has 1 aromatic carbocycles. The van der Waals surface area contributed by atoms with Crippen molar-refractivity contribution < 1.29 is 9.90 Å². The number of carboxylic acid groups (broad SMARTS) is 1. The average molecular weight is 267 g/mol. The maximum atomic E-state index is 10.6. The summed E-state index contributed by atoms with van der Waals surface area (Å²) in [6, 6.07) is 8.25. The topological polar surface area (TPSA) is 49.3 Å². The van der Waals surface area contributed by atoms with Gasteiger partial charge in [0.1, 0.15) is 0 Å². The van der Waals surface area contributed by atoms with Crippen molar-refractivity contribution in [2.24, 2.45) is 0 Å². The van der Waals surface area contributed by atoms with Crippen molar-refractivity contribution in [3.63, 3.8) is 0 Å². The number of hydrogen-bond donors (Lipinski definition) is 2. The van der Waals surface area contributed by atoms with Crippen molar-refractivity contribution in [1.29, 1.82) is 0 Å². The standard InChI is InChI=1S/C14H21NO2S/c1-3-18-10-11(2)15-9-13-6-4-12(5-7-13)8-14(16)17/h4-7,11,15H,3,8-10H2,1-2H3,(H,16,17). The van der Waals surface area contributed by atoms with Gasteiger partial charge in [-0.3, -0.25) is 4.79 Å². The smallest absolute Gasteiger partial charge is 0.307 e. The van der Waals surface area contributed by atoms with Gasteiger partial charge < -0.3 is 10.4 Å². The Bertz CT molecular complexity index is 365. The van der Waals surface area contributed by atoms with Crippen molar-refractivity contribution in [2.45, 2.75) is 32.9 Å². The number of nitrogens with one attached hydrogen (secondary N) is 1. The first-order valence-electron chi connectivity index (χ1n) is 6.22. The molecule has 0 aromatic heterocycles. The molecule has 0 saturated heterocycles. The van der Waals surface area contributed by atoms with Crippen LogP contribution in [0, 0.1) is 0 Å². The van der Waals surface area contributed by atoms with Crippen LogP contribution in [0.3, 0.4) is 0 Å². The van der Waals surface area contributed by atoms with Crippen LogP contribution >= 0.6 is 11.8 Å². The van der Waals surface area contributed by atoms with E-state index in [1.807, 2.05) is 36.0 Å². The van der Waals surface area contributed by atoms with E-state index in [9.17, 15) is 4.79 Å². The van der Waals surface area contributed by atoms with Gasteiger partial charge >= 0.3 is 5.97 Å². The second kappa shape index (κ2) is 8.16. The molecular formula is C14H21NO2S. The maximum absolute atomic E-state index is 10.6. The Labute approximate surface area is 113 Å². The number of carbonyl (C=O) groups is 1. The van der Waals surface area contributed by atoms with Crippen LogP contribution in [-0.4, -0.2) is 28.6 Å². The molecule has 18 heavy (non-hydrogen) atoms. The Hall–Kier alpha value is -1.00. The summed E-state index contributed by atoms with van der Waals surface area (Å²) >= 11 is 1.93. The van der Waals surface area contributed by atoms with Gasteiger partial charge in [-0.15, -0.1) is 0 Å². The van der Waals surface area contributed by atoms with Gasteiger partial charge in [-0.05, 0) is 23.8 Å². The zero-order valence-electron chi connectivity index (χ0n) is 11.0. The lowest BCUT2D eigenvalue weighted by Gasteiger charge is -2.13. The summed E-state index contributed by atoms with van der Waals surface area (Å²) in [6.07, 6.45) is 0.0945. The summed E-state index contributed by atoms with van der Waals surface area (Å²) in [5, 5.41) is 12.1. The molecule has 1 rings (SSSR count). The molecule has 0 amide bonds. The highest BCUT2D eigenvalue weighted by molar-refractivity contribution is 7.99. The molecule has 0 spiro atoms. The summed E-state index contributed by atoms with van der Waals surface area (Å²) in [6.45, 7) is 5.18. The van der Waals surface area contributed by atoms with E-state index in [0.717, 1.165) is 23.6 Å².